The van der Waals surface area contributed by atoms with Crippen LogP contribution in [-0.4, -0.2) is 61.9 Å². The SMILES string of the molecule is CCNC(=NCCC(=O)NC(C)C)N1CCC(CC(=O)NC)CC1.I. The molecule has 0 bridgehead atoms. The maximum absolute atomic E-state index is 11.7. The predicted molar refractivity (Wildman–Crippen MR) is 112 cm³/mol. The zero-order valence-electron chi connectivity index (χ0n) is 15.9. The standard InChI is InChI=1S/C17H33N5O2.HI/c1-5-19-17(20-9-6-15(23)21-13(2)3)22-10-7-14(8-11-22)12-16(24)18-4;/h13-14H,5-12H2,1-4H3,(H,18,24)(H,19,20)(H,21,23);1H. The zero-order valence-corrected chi connectivity index (χ0v) is 18.3. The van der Waals surface area contributed by atoms with Crippen LogP contribution in [-0.2, 0) is 9.59 Å². The molecule has 1 saturated heterocycles. The van der Waals surface area contributed by atoms with Crippen molar-refractivity contribution in [3.8, 4) is 0 Å². The Balaban J connectivity index is 0.00000576. The van der Waals surface area contributed by atoms with Gasteiger partial charge in [0.05, 0.1) is 6.54 Å². The Morgan fingerprint density at radius 1 is 1.20 bits per heavy atom. The largest absolute Gasteiger partial charge is 0.359 e. The van der Waals surface area contributed by atoms with E-state index in [0.717, 1.165) is 38.4 Å². The van der Waals surface area contributed by atoms with Gasteiger partial charge in [0.2, 0.25) is 11.8 Å². The molecule has 0 saturated carbocycles. The number of guanidine groups is 1. The highest BCUT2D eigenvalue weighted by molar-refractivity contribution is 14.0. The van der Waals surface area contributed by atoms with E-state index in [1.807, 2.05) is 20.8 Å². The van der Waals surface area contributed by atoms with Crippen LogP contribution in [0.1, 0.15) is 46.5 Å². The third-order valence-electron chi connectivity index (χ3n) is 4.05. The number of nitrogens with one attached hydrogen (secondary N) is 3. The maximum Gasteiger partial charge on any atom is 0.222 e. The van der Waals surface area contributed by atoms with Gasteiger partial charge in [-0.2, -0.15) is 0 Å². The first-order valence-corrected chi connectivity index (χ1v) is 8.99. The van der Waals surface area contributed by atoms with Crippen molar-refractivity contribution in [1.82, 2.24) is 20.9 Å². The molecule has 0 aromatic heterocycles. The second-order valence-corrected chi connectivity index (χ2v) is 6.52. The van der Waals surface area contributed by atoms with E-state index in [9.17, 15) is 9.59 Å². The number of halogens is 1. The fourth-order valence-electron chi connectivity index (χ4n) is 2.80. The Morgan fingerprint density at radius 2 is 1.84 bits per heavy atom. The van der Waals surface area contributed by atoms with Gasteiger partial charge in [-0.15, -0.1) is 24.0 Å². The fraction of sp³-hybridized carbons (Fsp3) is 0.824. The minimum Gasteiger partial charge on any atom is -0.359 e. The van der Waals surface area contributed by atoms with E-state index >= 15 is 0 Å². The number of aliphatic imine (C=N–C) groups is 1. The lowest BCUT2D eigenvalue weighted by Crippen LogP contribution is -2.46. The molecule has 7 nitrogen and oxygen atoms in total. The van der Waals surface area contributed by atoms with Crippen LogP contribution in [0.5, 0.6) is 0 Å². The van der Waals surface area contributed by atoms with Crippen molar-refractivity contribution >= 4 is 41.8 Å². The van der Waals surface area contributed by atoms with E-state index in [-0.39, 0.29) is 41.8 Å². The Morgan fingerprint density at radius 3 is 2.36 bits per heavy atom. The molecule has 8 heteroatoms. The van der Waals surface area contributed by atoms with E-state index < -0.39 is 0 Å². The molecular formula is C17H34IN5O2. The Bertz CT molecular complexity index is 435. The minimum atomic E-state index is 0. The second-order valence-electron chi connectivity index (χ2n) is 6.52. The molecule has 0 unspecified atom stereocenters. The second kappa shape index (κ2) is 13.2. The summed E-state index contributed by atoms with van der Waals surface area (Å²) in [6, 6.07) is 0.161. The zero-order chi connectivity index (χ0) is 17.9. The number of amides is 2. The number of piperidine rings is 1. The van der Waals surface area contributed by atoms with Crippen LogP contribution in [0.2, 0.25) is 0 Å². The van der Waals surface area contributed by atoms with E-state index in [1.54, 1.807) is 7.05 Å². The van der Waals surface area contributed by atoms with Crippen molar-refractivity contribution in [2.45, 2.75) is 52.5 Å². The molecule has 1 rings (SSSR count). The van der Waals surface area contributed by atoms with Gasteiger partial charge >= 0.3 is 0 Å². The fourth-order valence-corrected chi connectivity index (χ4v) is 2.80. The van der Waals surface area contributed by atoms with E-state index in [1.165, 1.54) is 0 Å². The lowest BCUT2D eigenvalue weighted by Gasteiger charge is -2.34. The van der Waals surface area contributed by atoms with Crippen LogP contribution in [0.25, 0.3) is 0 Å². The lowest BCUT2D eigenvalue weighted by molar-refractivity contribution is -0.122. The molecule has 25 heavy (non-hydrogen) atoms. The van der Waals surface area contributed by atoms with Crippen molar-refractivity contribution in [1.29, 1.82) is 0 Å². The van der Waals surface area contributed by atoms with Gasteiger partial charge in [-0.3, -0.25) is 14.6 Å². The highest BCUT2D eigenvalue weighted by Crippen LogP contribution is 2.20. The van der Waals surface area contributed by atoms with Gasteiger partial charge in [0.15, 0.2) is 5.96 Å². The van der Waals surface area contributed by atoms with Crippen molar-refractivity contribution in [3.63, 3.8) is 0 Å². The molecule has 1 aliphatic heterocycles. The summed E-state index contributed by atoms with van der Waals surface area (Å²) in [6.07, 6.45) is 2.99. The summed E-state index contributed by atoms with van der Waals surface area (Å²) in [5, 5.41) is 8.87. The van der Waals surface area contributed by atoms with Crippen molar-refractivity contribution in [3.05, 3.63) is 0 Å². The smallest absolute Gasteiger partial charge is 0.222 e. The van der Waals surface area contributed by atoms with Gasteiger partial charge in [0, 0.05) is 45.6 Å². The average Bonchev–Trinajstić information content (AvgIpc) is 2.54. The monoisotopic (exact) mass is 467 g/mol. The summed E-state index contributed by atoms with van der Waals surface area (Å²) in [4.78, 5) is 30.0. The van der Waals surface area contributed by atoms with Gasteiger partial charge in [-0.1, -0.05) is 0 Å². The molecule has 3 N–H and O–H groups in total. The first kappa shape index (κ1) is 23.9. The molecule has 1 fully saturated rings. The van der Waals surface area contributed by atoms with Gasteiger partial charge < -0.3 is 20.9 Å². The molecule has 0 aromatic carbocycles. The highest BCUT2D eigenvalue weighted by atomic mass is 127. The predicted octanol–water partition coefficient (Wildman–Crippen LogP) is 1.33. The third-order valence-corrected chi connectivity index (χ3v) is 4.05. The minimum absolute atomic E-state index is 0. The molecular weight excluding hydrogens is 433 g/mol. The molecule has 1 heterocycles. The number of carbonyl (C=O) groups is 2. The average molecular weight is 467 g/mol. The summed E-state index contributed by atoms with van der Waals surface area (Å²) < 4.78 is 0. The van der Waals surface area contributed by atoms with E-state index in [0.29, 0.717) is 25.3 Å². The molecule has 0 radical (unpaired) electrons. The Labute approximate surface area is 168 Å². The maximum atomic E-state index is 11.7. The summed E-state index contributed by atoms with van der Waals surface area (Å²) in [5.74, 6) is 1.47. The lowest BCUT2D eigenvalue weighted by atomic mass is 9.93. The van der Waals surface area contributed by atoms with Crippen LogP contribution in [0, 0.1) is 5.92 Å². The van der Waals surface area contributed by atoms with Gasteiger partial charge in [0.1, 0.15) is 0 Å². The molecule has 0 spiro atoms. The first-order valence-electron chi connectivity index (χ1n) is 8.99. The quantitative estimate of drug-likeness (QED) is 0.300. The molecule has 0 aromatic rings. The highest BCUT2D eigenvalue weighted by Gasteiger charge is 2.23. The van der Waals surface area contributed by atoms with Crippen LogP contribution < -0.4 is 16.0 Å². The molecule has 0 atom stereocenters. The Kier molecular flexibility index (Phi) is 12.6. The molecule has 0 aliphatic carbocycles. The van der Waals surface area contributed by atoms with Gasteiger partial charge in [-0.05, 0) is 39.5 Å². The van der Waals surface area contributed by atoms with Crippen molar-refractivity contribution in [2.24, 2.45) is 10.9 Å². The number of hydrogen-bond acceptors (Lipinski definition) is 3. The third kappa shape index (κ3) is 9.86. The molecule has 146 valence electrons. The number of carbonyl (C=O) groups excluding carboxylic acids is 2. The van der Waals surface area contributed by atoms with Crippen LogP contribution in [0.15, 0.2) is 4.99 Å². The van der Waals surface area contributed by atoms with Crippen LogP contribution in [0.3, 0.4) is 0 Å². The number of hydrogen-bond donors (Lipinski definition) is 3. The number of rotatable bonds is 7. The normalized spacial score (nSPS) is 15.6. The number of nitrogens with zero attached hydrogens (tertiary/aromatic N) is 2. The van der Waals surface area contributed by atoms with Crippen LogP contribution in [0.4, 0.5) is 0 Å². The van der Waals surface area contributed by atoms with Gasteiger partial charge in [0.25, 0.3) is 0 Å². The van der Waals surface area contributed by atoms with Crippen LogP contribution >= 0.6 is 24.0 Å². The first-order chi connectivity index (χ1) is 11.5. The Hall–Kier alpha value is -1.06. The summed E-state index contributed by atoms with van der Waals surface area (Å²) in [5.41, 5.74) is 0. The summed E-state index contributed by atoms with van der Waals surface area (Å²) >= 11 is 0. The topological polar surface area (TPSA) is 85.8 Å². The number of likely N-dealkylation sites (tertiary alicyclic amines) is 1. The molecule has 2 amide bonds. The van der Waals surface area contributed by atoms with E-state index in [4.69, 9.17) is 0 Å². The summed E-state index contributed by atoms with van der Waals surface area (Å²) in [6.45, 7) is 9.02. The van der Waals surface area contributed by atoms with E-state index in [2.05, 4.69) is 25.8 Å². The summed E-state index contributed by atoms with van der Waals surface area (Å²) in [7, 11) is 1.68. The molecule has 1 aliphatic rings. The van der Waals surface area contributed by atoms with Gasteiger partial charge in [-0.25, -0.2) is 0 Å². The van der Waals surface area contributed by atoms with Crippen molar-refractivity contribution in [2.75, 3.05) is 33.2 Å². The van der Waals surface area contributed by atoms with Crippen molar-refractivity contribution < 1.29 is 9.59 Å².